The summed E-state index contributed by atoms with van der Waals surface area (Å²) in [6.45, 7) is 9.48. The van der Waals surface area contributed by atoms with Crippen LogP contribution in [0.25, 0.3) is 0 Å². The van der Waals surface area contributed by atoms with E-state index in [1.54, 1.807) is 0 Å². The van der Waals surface area contributed by atoms with E-state index in [4.69, 9.17) is 4.74 Å². The fourth-order valence-corrected chi connectivity index (χ4v) is 3.61. The summed E-state index contributed by atoms with van der Waals surface area (Å²) in [7, 11) is 0. The predicted octanol–water partition coefficient (Wildman–Crippen LogP) is 3.00. The monoisotopic (exact) mass is 308 g/mol. The van der Waals surface area contributed by atoms with Crippen molar-refractivity contribution in [1.82, 2.24) is 10.2 Å². The van der Waals surface area contributed by atoms with Crippen molar-refractivity contribution < 1.29 is 4.74 Å². The maximum absolute atomic E-state index is 5.93. The highest BCUT2D eigenvalue weighted by Crippen LogP contribution is 2.16. The third kappa shape index (κ3) is 5.89. The van der Waals surface area contributed by atoms with E-state index < -0.39 is 0 Å². The number of ether oxygens (including phenoxy) is 1. The Morgan fingerprint density at radius 1 is 1.43 bits per heavy atom. The molecule has 0 aromatic heterocycles. The summed E-state index contributed by atoms with van der Waals surface area (Å²) in [5, 5.41) is 3.43. The Bertz CT molecular complexity index is 414. The van der Waals surface area contributed by atoms with Crippen LogP contribution in [-0.2, 0) is 6.54 Å². The van der Waals surface area contributed by atoms with Gasteiger partial charge in [-0.05, 0) is 37.6 Å². The van der Waals surface area contributed by atoms with Gasteiger partial charge in [-0.15, -0.1) is 0 Å². The highest BCUT2D eigenvalue weighted by atomic mass is 32.2. The number of rotatable bonds is 8. The third-order valence-corrected chi connectivity index (χ3v) is 5.00. The van der Waals surface area contributed by atoms with Gasteiger partial charge in [0.1, 0.15) is 12.4 Å². The van der Waals surface area contributed by atoms with Crippen LogP contribution < -0.4 is 10.1 Å². The number of thioether (sulfide) groups is 1. The molecule has 1 aliphatic heterocycles. The van der Waals surface area contributed by atoms with Crippen LogP contribution in [0, 0.1) is 0 Å². The van der Waals surface area contributed by atoms with Gasteiger partial charge in [0.2, 0.25) is 0 Å². The van der Waals surface area contributed by atoms with Crippen molar-refractivity contribution in [2.24, 2.45) is 0 Å². The minimum Gasteiger partial charge on any atom is -0.492 e. The molecule has 0 saturated carbocycles. The zero-order valence-electron chi connectivity index (χ0n) is 13.3. The van der Waals surface area contributed by atoms with E-state index in [1.165, 1.54) is 30.0 Å². The molecule has 1 atom stereocenters. The number of nitrogens with zero attached hydrogens (tertiary/aromatic N) is 1. The van der Waals surface area contributed by atoms with Crippen LogP contribution >= 0.6 is 11.8 Å². The van der Waals surface area contributed by atoms with Gasteiger partial charge < -0.3 is 10.1 Å². The van der Waals surface area contributed by atoms with E-state index in [9.17, 15) is 0 Å². The molecule has 1 aromatic rings. The van der Waals surface area contributed by atoms with Crippen molar-refractivity contribution in [3.8, 4) is 5.75 Å². The molecule has 4 heteroatoms. The molecule has 1 N–H and O–H groups in total. The van der Waals surface area contributed by atoms with Gasteiger partial charge in [-0.2, -0.15) is 11.8 Å². The van der Waals surface area contributed by atoms with Crippen molar-refractivity contribution in [1.29, 1.82) is 0 Å². The highest BCUT2D eigenvalue weighted by Gasteiger charge is 2.17. The SMILES string of the molecule is CCCNCc1cccc(OCCN2CCSCC2C)c1. The van der Waals surface area contributed by atoms with E-state index in [1.807, 2.05) is 0 Å². The highest BCUT2D eigenvalue weighted by molar-refractivity contribution is 7.99. The second-order valence-electron chi connectivity index (χ2n) is 5.63. The zero-order valence-corrected chi connectivity index (χ0v) is 14.1. The van der Waals surface area contributed by atoms with Gasteiger partial charge in [-0.25, -0.2) is 0 Å². The number of nitrogens with one attached hydrogen (secondary N) is 1. The van der Waals surface area contributed by atoms with Gasteiger partial charge in [0.25, 0.3) is 0 Å². The average molecular weight is 308 g/mol. The van der Waals surface area contributed by atoms with Gasteiger partial charge in [0.05, 0.1) is 0 Å². The predicted molar refractivity (Wildman–Crippen MR) is 92.3 cm³/mol. The smallest absolute Gasteiger partial charge is 0.119 e. The number of hydrogen-bond acceptors (Lipinski definition) is 4. The number of hydrogen-bond donors (Lipinski definition) is 1. The second-order valence-corrected chi connectivity index (χ2v) is 6.78. The lowest BCUT2D eigenvalue weighted by molar-refractivity contribution is 0.183. The molecule has 118 valence electrons. The van der Waals surface area contributed by atoms with Gasteiger partial charge in [0, 0.05) is 37.2 Å². The van der Waals surface area contributed by atoms with Crippen LogP contribution in [-0.4, -0.2) is 48.7 Å². The Morgan fingerprint density at radius 3 is 3.14 bits per heavy atom. The normalized spacial score (nSPS) is 19.6. The van der Waals surface area contributed by atoms with Gasteiger partial charge in [-0.3, -0.25) is 4.90 Å². The molecule has 1 fully saturated rings. The average Bonchev–Trinajstić information content (AvgIpc) is 2.50. The minimum absolute atomic E-state index is 0.678. The van der Waals surface area contributed by atoms with E-state index in [2.05, 4.69) is 60.1 Å². The first kappa shape index (κ1) is 16.7. The lowest BCUT2D eigenvalue weighted by Crippen LogP contribution is -2.42. The van der Waals surface area contributed by atoms with Crippen molar-refractivity contribution in [2.45, 2.75) is 32.9 Å². The Labute approximate surface area is 133 Å². The summed E-state index contributed by atoms with van der Waals surface area (Å²) in [6.07, 6.45) is 1.17. The fraction of sp³-hybridized carbons (Fsp3) is 0.647. The van der Waals surface area contributed by atoms with Crippen LogP contribution in [0.15, 0.2) is 24.3 Å². The Kier molecular flexibility index (Phi) is 7.41. The molecule has 2 rings (SSSR count). The van der Waals surface area contributed by atoms with Crippen LogP contribution in [0.5, 0.6) is 5.75 Å². The molecular weight excluding hydrogens is 280 g/mol. The van der Waals surface area contributed by atoms with Gasteiger partial charge >= 0.3 is 0 Å². The molecule has 0 spiro atoms. The first-order valence-corrected chi connectivity index (χ1v) is 9.19. The summed E-state index contributed by atoms with van der Waals surface area (Å²) in [6, 6.07) is 9.12. The molecule has 0 amide bonds. The van der Waals surface area contributed by atoms with Crippen molar-refractivity contribution in [3.05, 3.63) is 29.8 Å². The summed E-state index contributed by atoms with van der Waals surface area (Å²) in [5.74, 6) is 3.49. The van der Waals surface area contributed by atoms with Crippen LogP contribution in [0.2, 0.25) is 0 Å². The molecule has 0 bridgehead atoms. The molecule has 1 unspecified atom stereocenters. The Hall–Kier alpha value is -0.710. The molecule has 1 heterocycles. The molecule has 0 aliphatic carbocycles. The first-order valence-electron chi connectivity index (χ1n) is 8.04. The molecular formula is C17H28N2OS. The van der Waals surface area contributed by atoms with E-state index in [-0.39, 0.29) is 0 Å². The Balaban J connectivity index is 1.73. The quantitative estimate of drug-likeness (QED) is 0.746. The molecule has 1 aromatic carbocycles. The summed E-state index contributed by atoms with van der Waals surface area (Å²) >= 11 is 2.06. The lowest BCUT2D eigenvalue weighted by atomic mass is 10.2. The minimum atomic E-state index is 0.678. The van der Waals surface area contributed by atoms with Crippen molar-refractivity contribution >= 4 is 11.8 Å². The van der Waals surface area contributed by atoms with Gasteiger partial charge in [0.15, 0.2) is 0 Å². The lowest BCUT2D eigenvalue weighted by Gasteiger charge is -2.32. The maximum atomic E-state index is 5.93. The summed E-state index contributed by atoms with van der Waals surface area (Å²) in [5.41, 5.74) is 1.30. The maximum Gasteiger partial charge on any atom is 0.119 e. The molecule has 0 radical (unpaired) electrons. The molecule has 1 saturated heterocycles. The topological polar surface area (TPSA) is 24.5 Å². The molecule has 21 heavy (non-hydrogen) atoms. The largest absolute Gasteiger partial charge is 0.492 e. The first-order chi connectivity index (χ1) is 10.3. The van der Waals surface area contributed by atoms with E-state index in [0.717, 1.165) is 32.0 Å². The van der Waals surface area contributed by atoms with Crippen molar-refractivity contribution in [2.75, 3.05) is 37.7 Å². The van der Waals surface area contributed by atoms with E-state index in [0.29, 0.717) is 6.04 Å². The standard InChI is InChI=1S/C17H28N2OS/c1-3-7-18-13-16-5-4-6-17(12-16)20-10-8-19-9-11-21-14-15(19)2/h4-6,12,15,18H,3,7-11,13-14H2,1-2H3. The molecule has 3 nitrogen and oxygen atoms in total. The van der Waals surface area contributed by atoms with Crippen molar-refractivity contribution in [3.63, 3.8) is 0 Å². The summed E-state index contributed by atoms with van der Waals surface area (Å²) < 4.78 is 5.93. The molecule has 1 aliphatic rings. The van der Waals surface area contributed by atoms with Gasteiger partial charge in [-0.1, -0.05) is 19.1 Å². The van der Waals surface area contributed by atoms with Crippen LogP contribution in [0.3, 0.4) is 0 Å². The third-order valence-electron chi connectivity index (χ3n) is 3.81. The van der Waals surface area contributed by atoms with Crippen LogP contribution in [0.1, 0.15) is 25.8 Å². The summed E-state index contributed by atoms with van der Waals surface area (Å²) in [4.78, 5) is 2.53. The fourth-order valence-electron chi connectivity index (χ4n) is 2.53. The number of benzene rings is 1. The van der Waals surface area contributed by atoms with Crippen LogP contribution in [0.4, 0.5) is 0 Å². The van der Waals surface area contributed by atoms with E-state index >= 15 is 0 Å². The Morgan fingerprint density at radius 2 is 2.33 bits per heavy atom. The second kappa shape index (κ2) is 9.34. The zero-order chi connectivity index (χ0) is 14.9.